The zero-order chi connectivity index (χ0) is 20.4. The van der Waals surface area contributed by atoms with Crippen molar-refractivity contribution in [2.75, 3.05) is 7.11 Å². The third-order valence-electron chi connectivity index (χ3n) is 4.80. The Balaban J connectivity index is 1.92. The third-order valence-corrected chi connectivity index (χ3v) is 4.80. The lowest BCUT2D eigenvalue weighted by molar-refractivity contribution is -0.136. The van der Waals surface area contributed by atoms with Gasteiger partial charge in [0.15, 0.2) is 0 Å². The molecular formula is C22H20N4O3. The number of para-hydroxylation sites is 1. The van der Waals surface area contributed by atoms with E-state index in [0.717, 1.165) is 11.3 Å². The van der Waals surface area contributed by atoms with Crippen molar-refractivity contribution >= 4 is 12.0 Å². The van der Waals surface area contributed by atoms with Crippen LogP contribution in [0, 0.1) is 0 Å². The van der Waals surface area contributed by atoms with Gasteiger partial charge >= 0.3 is 12.0 Å². The van der Waals surface area contributed by atoms with E-state index < -0.39 is 12.0 Å². The highest BCUT2D eigenvalue weighted by molar-refractivity contribution is 5.95. The second-order valence-corrected chi connectivity index (χ2v) is 6.64. The molecular weight excluding hydrogens is 368 g/mol. The predicted molar refractivity (Wildman–Crippen MR) is 108 cm³/mol. The molecule has 0 fully saturated rings. The topological polar surface area (TPSA) is 85.2 Å². The van der Waals surface area contributed by atoms with Crippen molar-refractivity contribution in [2.24, 2.45) is 0 Å². The number of hydrogen-bond donors (Lipinski definition) is 2. The number of urea groups is 1. The van der Waals surface area contributed by atoms with Crippen LogP contribution in [0.3, 0.4) is 0 Å². The summed E-state index contributed by atoms with van der Waals surface area (Å²) in [6.45, 7) is 1.68. The fourth-order valence-electron chi connectivity index (χ4n) is 3.44. The van der Waals surface area contributed by atoms with E-state index in [1.54, 1.807) is 11.6 Å². The lowest BCUT2D eigenvalue weighted by Gasteiger charge is -2.27. The number of nitrogens with one attached hydrogen (secondary N) is 2. The fraction of sp³-hybridized carbons (Fsp3) is 0.136. The van der Waals surface area contributed by atoms with Crippen molar-refractivity contribution < 1.29 is 14.3 Å². The van der Waals surface area contributed by atoms with Crippen molar-refractivity contribution in [3.63, 3.8) is 0 Å². The molecule has 0 saturated heterocycles. The summed E-state index contributed by atoms with van der Waals surface area (Å²) in [7, 11) is 1.32. The molecule has 2 aromatic carbocycles. The van der Waals surface area contributed by atoms with Crippen LogP contribution >= 0.6 is 0 Å². The highest BCUT2D eigenvalue weighted by Crippen LogP contribution is 2.34. The molecule has 1 aromatic heterocycles. The molecule has 7 nitrogen and oxygen atoms in total. The van der Waals surface area contributed by atoms with Gasteiger partial charge in [0.25, 0.3) is 0 Å². The van der Waals surface area contributed by atoms with Gasteiger partial charge in [-0.15, -0.1) is 0 Å². The molecule has 0 bridgehead atoms. The van der Waals surface area contributed by atoms with Gasteiger partial charge in [-0.05, 0) is 19.1 Å². The maximum Gasteiger partial charge on any atom is 0.337 e. The second kappa shape index (κ2) is 7.63. The molecule has 2 amide bonds. The summed E-state index contributed by atoms with van der Waals surface area (Å²) in [6.07, 6.45) is 1.84. The van der Waals surface area contributed by atoms with Crippen LogP contribution < -0.4 is 10.6 Å². The molecule has 146 valence electrons. The number of nitrogens with zero attached hydrogens (tertiary/aromatic N) is 2. The molecule has 0 aliphatic carbocycles. The third kappa shape index (κ3) is 3.50. The maximum atomic E-state index is 12.5. The Kier molecular flexibility index (Phi) is 4.87. The number of amides is 2. The summed E-state index contributed by atoms with van der Waals surface area (Å²) in [5.74, 6) is -0.508. The van der Waals surface area contributed by atoms with Gasteiger partial charge in [-0.2, -0.15) is 5.10 Å². The van der Waals surface area contributed by atoms with Gasteiger partial charge in [0.05, 0.1) is 30.1 Å². The molecule has 29 heavy (non-hydrogen) atoms. The van der Waals surface area contributed by atoms with Crippen LogP contribution in [0.15, 0.2) is 78.1 Å². The predicted octanol–water partition coefficient (Wildman–Crippen LogP) is 3.34. The number of carbonyl (C=O) groups excluding carboxylic acids is 2. The highest BCUT2D eigenvalue weighted by atomic mass is 16.5. The van der Waals surface area contributed by atoms with E-state index in [4.69, 9.17) is 9.84 Å². The van der Waals surface area contributed by atoms with Crippen molar-refractivity contribution in [1.82, 2.24) is 20.4 Å². The van der Waals surface area contributed by atoms with Crippen LogP contribution in [0.1, 0.15) is 18.5 Å². The van der Waals surface area contributed by atoms with Gasteiger partial charge < -0.3 is 15.4 Å². The van der Waals surface area contributed by atoms with Gasteiger partial charge in [-0.25, -0.2) is 14.3 Å². The second-order valence-electron chi connectivity index (χ2n) is 6.64. The quantitative estimate of drug-likeness (QED) is 0.672. The van der Waals surface area contributed by atoms with Crippen LogP contribution in [0.25, 0.3) is 16.9 Å². The van der Waals surface area contributed by atoms with E-state index in [0.29, 0.717) is 22.5 Å². The minimum atomic E-state index is -0.691. The molecule has 1 aliphatic heterocycles. The average molecular weight is 388 g/mol. The number of aromatic nitrogens is 2. The maximum absolute atomic E-state index is 12.5. The Morgan fingerprint density at radius 2 is 1.72 bits per heavy atom. The van der Waals surface area contributed by atoms with E-state index in [9.17, 15) is 9.59 Å². The Morgan fingerprint density at radius 3 is 2.38 bits per heavy atom. The van der Waals surface area contributed by atoms with E-state index in [1.165, 1.54) is 7.11 Å². The van der Waals surface area contributed by atoms with Crippen LogP contribution in [-0.2, 0) is 9.53 Å². The van der Waals surface area contributed by atoms with Crippen molar-refractivity contribution in [1.29, 1.82) is 0 Å². The first-order chi connectivity index (χ1) is 14.1. The number of allylic oxidation sites excluding steroid dienone is 1. The van der Waals surface area contributed by atoms with Crippen molar-refractivity contribution in [3.05, 3.63) is 83.7 Å². The fourth-order valence-corrected chi connectivity index (χ4v) is 3.44. The van der Waals surface area contributed by atoms with Crippen LogP contribution in [-0.4, -0.2) is 28.9 Å². The van der Waals surface area contributed by atoms with Gasteiger partial charge in [-0.1, -0.05) is 48.5 Å². The van der Waals surface area contributed by atoms with Crippen molar-refractivity contribution in [3.8, 4) is 16.9 Å². The van der Waals surface area contributed by atoms with Gasteiger partial charge in [0, 0.05) is 23.0 Å². The molecule has 0 saturated carbocycles. The van der Waals surface area contributed by atoms with E-state index in [2.05, 4.69) is 10.6 Å². The van der Waals surface area contributed by atoms with Crippen LogP contribution in [0.2, 0.25) is 0 Å². The molecule has 1 atom stereocenters. The standard InChI is InChI=1S/C22H20N4O3/c1-14-18(21(27)29-2)20(24-22(28)23-14)17-13-26(16-11-7-4-8-12-16)25-19(17)15-9-5-3-6-10-15/h3-13,20H,1-2H3,(H2,23,24,28)/t20-/m0/s1. The Morgan fingerprint density at radius 1 is 1.07 bits per heavy atom. The summed E-state index contributed by atoms with van der Waals surface area (Å²) in [5.41, 5.74) is 3.93. The zero-order valence-electron chi connectivity index (χ0n) is 16.0. The number of methoxy groups -OCH3 is 1. The first kappa shape index (κ1) is 18.5. The minimum Gasteiger partial charge on any atom is -0.466 e. The van der Waals surface area contributed by atoms with E-state index >= 15 is 0 Å². The van der Waals surface area contributed by atoms with Gasteiger partial charge in [0.1, 0.15) is 0 Å². The first-order valence-electron chi connectivity index (χ1n) is 9.15. The van der Waals surface area contributed by atoms with Crippen molar-refractivity contribution in [2.45, 2.75) is 13.0 Å². The summed E-state index contributed by atoms with van der Waals surface area (Å²) in [4.78, 5) is 24.7. The summed E-state index contributed by atoms with van der Waals surface area (Å²) >= 11 is 0. The summed E-state index contributed by atoms with van der Waals surface area (Å²) < 4.78 is 6.71. The Bertz CT molecular complexity index is 1090. The van der Waals surface area contributed by atoms with Crippen LogP contribution in [0.4, 0.5) is 4.79 Å². The Labute approximate surface area is 168 Å². The van der Waals surface area contributed by atoms with E-state index in [-0.39, 0.29) is 6.03 Å². The zero-order valence-corrected chi connectivity index (χ0v) is 16.0. The molecule has 2 heterocycles. The molecule has 1 aliphatic rings. The van der Waals surface area contributed by atoms with Crippen LogP contribution in [0.5, 0.6) is 0 Å². The van der Waals surface area contributed by atoms with Gasteiger partial charge in [0.2, 0.25) is 0 Å². The minimum absolute atomic E-state index is 0.344. The van der Waals surface area contributed by atoms with Gasteiger partial charge in [-0.3, -0.25) is 0 Å². The molecule has 7 heteroatoms. The largest absolute Gasteiger partial charge is 0.466 e. The summed E-state index contributed by atoms with van der Waals surface area (Å²) in [5, 5.41) is 10.3. The smallest absolute Gasteiger partial charge is 0.337 e. The SMILES string of the molecule is COC(=O)C1=C(C)NC(=O)N[C@H]1c1cn(-c2ccccc2)nc1-c1ccccc1. The number of ether oxygens (including phenoxy) is 1. The monoisotopic (exact) mass is 388 g/mol. The lowest BCUT2D eigenvalue weighted by atomic mass is 9.94. The number of benzene rings is 2. The molecule has 3 aromatic rings. The summed E-state index contributed by atoms with van der Waals surface area (Å²) in [6, 6.07) is 18.2. The Hall–Kier alpha value is -3.87. The van der Waals surface area contributed by atoms with E-state index in [1.807, 2.05) is 66.9 Å². The molecule has 4 rings (SSSR count). The highest BCUT2D eigenvalue weighted by Gasteiger charge is 2.34. The normalized spacial score (nSPS) is 16.2. The lowest BCUT2D eigenvalue weighted by Crippen LogP contribution is -2.45. The number of rotatable bonds is 4. The molecule has 0 spiro atoms. The molecule has 2 N–H and O–H groups in total. The molecule has 0 unspecified atom stereocenters. The number of carbonyl (C=O) groups is 2. The number of esters is 1. The first-order valence-corrected chi connectivity index (χ1v) is 9.15. The molecule has 0 radical (unpaired) electrons. The average Bonchev–Trinajstić information content (AvgIpc) is 3.19. The number of hydrogen-bond acceptors (Lipinski definition) is 4.